The molecule has 0 radical (unpaired) electrons. The number of ether oxygens (including phenoxy) is 1. The number of pyridine rings is 1. The van der Waals surface area contributed by atoms with Gasteiger partial charge < -0.3 is 20.0 Å². The molecule has 0 spiro atoms. The Bertz CT molecular complexity index is 1830. The van der Waals surface area contributed by atoms with Gasteiger partial charge in [-0.1, -0.05) is 50.2 Å². The van der Waals surface area contributed by atoms with E-state index in [1.807, 2.05) is 33.2 Å². The van der Waals surface area contributed by atoms with Crippen LogP contribution >= 0.6 is 0 Å². The molecular weight excluding hydrogens is 562 g/mol. The van der Waals surface area contributed by atoms with Crippen LogP contribution in [0.1, 0.15) is 71.2 Å². The normalized spacial score (nSPS) is 21.9. The van der Waals surface area contributed by atoms with Gasteiger partial charge in [-0.05, 0) is 86.9 Å². The second kappa shape index (κ2) is 11.5. The number of aromatic amines is 2. The average molecular weight is 604 g/mol. The summed E-state index contributed by atoms with van der Waals surface area (Å²) in [6, 6.07) is 19.2. The zero-order valence-corrected chi connectivity index (χ0v) is 26.6. The summed E-state index contributed by atoms with van der Waals surface area (Å²) in [4.78, 5) is 35.9. The molecule has 0 bridgehead atoms. The largest absolute Gasteiger partial charge is 0.444 e. The second-order valence-electron chi connectivity index (χ2n) is 13.8. The van der Waals surface area contributed by atoms with E-state index in [2.05, 4.69) is 93.7 Å². The lowest BCUT2D eigenvalue weighted by atomic mass is 10.0. The Kier molecular flexibility index (Phi) is 7.44. The molecular formula is C36H41N7O2. The molecule has 2 aromatic carbocycles. The van der Waals surface area contributed by atoms with Crippen LogP contribution in [0.15, 0.2) is 67.0 Å². The van der Waals surface area contributed by atoms with Crippen LogP contribution in [0.5, 0.6) is 0 Å². The molecule has 232 valence electrons. The molecule has 9 nitrogen and oxygen atoms in total. The number of benzene rings is 2. The molecule has 3 N–H and O–H groups in total. The quantitative estimate of drug-likeness (QED) is 0.190. The Balaban J connectivity index is 1.06. The van der Waals surface area contributed by atoms with Crippen molar-refractivity contribution in [2.24, 2.45) is 11.8 Å². The number of imidazole rings is 2. The minimum Gasteiger partial charge on any atom is -0.444 e. The van der Waals surface area contributed by atoms with Crippen molar-refractivity contribution in [1.82, 2.24) is 35.1 Å². The molecule has 45 heavy (non-hydrogen) atoms. The van der Waals surface area contributed by atoms with Crippen LogP contribution in [0.25, 0.3) is 44.7 Å². The van der Waals surface area contributed by atoms with Gasteiger partial charge in [0.25, 0.3) is 0 Å². The summed E-state index contributed by atoms with van der Waals surface area (Å²) in [5.74, 6) is 2.81. The van der Waals surface area contributed by atoms with Crippen molar-refractivity contribution in [1.29, 1.82) is 0 Å². The SMILES string of the molecule is CC1CNC(c2ncc(-c3ccc4cc(-c5ccc(-c6cnc(C7CC(C)CN7C(=O)OC(C)(C)C)[nH]6)cc5)ccc4n3)[nH]2)C1. The summed E-state index contributed by atoms with van der Waals surface area (Å²) in [5.41, 5.74) is 6.47. The number of nitrogens with zero attached hydrogens (tertiary/aromatic N) is 4. The predicted octanol–water partition coefficient (Wildman–Crippen LogP) is 7.67. The minimum atomic E-state index is -0.538. The Morgan fingerprint density at radius 1 is 0.844 bits per heavy atom. The molecule has 4 atom stereocenters. The highest BCUT2D eigenvalue weighted by atomic mass is 16.6. The molecule has 5 heterocycles. The molecule has 9 heteroatoms. The van der Waals surface area contributed by atoms with Crippen LogP contribution < -0.4 is 5.32 Å². The first-order valence-electron chi connectivity index (χ1n) is 15.9. The van der Waals surface area contributed by atoms with Crippen molar-refractivity contribution in [3.8, 4) is 33.8 Å². The van der Waals surface area contributed by atoms with Crippen LogP contribution in [-0.4, -0.2) is 54.6 Å². The van der Waals surface area contributed by atoms with Crippen LogP contribution in [0, 0.1) is 11.8 Å². The molecule has 2 aliphatic heterocycles. The summed E-state index contributed by atoms with van der Waals surface area (Å²) >= 11 is 0. The number of likely N-dealkylation sites (tertiary alicyclic amines) is 1. The zero-order valence-electron chi connectivity index (χ0n) is 26.6. The highest BCUT2D eigenvalue weighted by Crippen LogP contribution is 2.36. The van der Waals surface area contributed by atoms with Crippen LogP contribution in [0.3, 0.4) is 0 Å². The molecule has 2 aliphatic rings. The van der Waals surface area contributed by atoms with Crippen molar-refractivity contribution < 1.29 is 9.53 Å². The van der Waals surface area contributed by atoms with Crippen molar-refractivity contribution in [3.05, 3.63) is 78.6 Å². The van der Waals surface area contributed by atoms with Gasteiger partial charge >= 0.3 is 6.09 Å². The standard InChI is InChI=1S/C36H41N7O2/c1-21-14-29(37-17-21)33-38-19-31(42-33)28-13-11-26-16-25(10-12-27(26)40-28)23-6-8-24(9-7-23)30-18-39-34(41-30)32-15-22(2)20-43(32)35(44)45-36(3,4)5/h6-13,16,18-19,21-22,29,32,37H,14-15,17,20H2,1-5H3,(H,38,42)(H,39,41). The van der Waals surface area contributed by atoms with Gasteiger partial charge in [0.1, 0.15) is 17.2 Å². The molecule has 0 saturated carbocycles. The fourth-order valence-electron chi connectivity index (χ4n) is 6.54. The highest BCUT2D eigenvalue weighted by molar-refractivity contribution is 5.86. The van der Waals surface area contributed by atoms with Gasteiger partial charge in [0, 0.05) is 11.9 Å². The van der Waals surface area contributed by atoms with Gasteiger partial charge in [-0.2, -0.15) is 0 Å². The first-order chi connectivity index (χ1) is 21.6. The van der Waals surface area contributed by atoms with E-state index in [1.165, 1.54) is 0 Å². The lowest BCUT2D eigenvalue weighted by molar-refractivity contribution is 0.0214. The number of fused-ring (bicyclic) bond motifs is 1. The van der Waals surface area contributed by atoms with Crippen molar-refractivity contribution in [2.75, 3.05) is 13.1 Å². The number of carbonyl (C=O) groups is 1. The van der Waals surface area contributed by atoms with Gasteiger partial charge in [0.2, 0.25) is 0 Å². The molecule has 7 rings (SSSR count). The van der Waals surface area contributed by atoms with Crippen LogP contribution in [-0.2, 0) is 4.74 Å². The van der Waals surface area contributed by atoms with E-state index in [9.17, 15) is 4.79 Å². The first-order valence-corrected chi connectivity index (χ1v) is 15.9. The Labute approximate surface area is 263 Å². The Morgan fingerprint density at radius 2 is 1.56 bits per heavy atom. The summed E-state index contributed by atoms with van der Waals surface area (Å²) in [6.45, 7) is 11.8. The third kappa shape index (κ3) is 6.09. The van der Waals surface area contributed by atoms with Crippen molar-refractivity contribution in [2.45, 2.75) is 65.1 Å². The van der Waals surface area contributed by atoms with Crippen molar-refractivity contribution in [3.63, 3.8) is 0 Å². The van der Waals surface area contributed by atoms with Crippen LogP contribution in [0.4, 0.5) is 4.79 Å². The zero-order chi connectivity index (χ0) is 31.3. The van der Waals surface area contributed by atoms with E-state index >= 15 is 0 Å². The van der Waals surface area contributed by atoms with E-state index in [0.717, 1.165) is 75.7 Å². The number of amides is 1. The molecule has 2 fully saturated rings. The Hall–Kier alpha value is -4.50. The van der Waals surface area contributed by atoms with Gasteiger partial charge in [0.05, 0.1) is 47.1 Å². The molecule has 2 saturated heterocycles. The second-order valence-corrected chi connectivity index (χ2v) is 13.8. The summed E-state index contributed by atoms with van der Waals surface area (Å²) in [7, 11) is 0. The molecule has 0 aliphatic carbocycles. The summed E-state index contributed by atoms with van der Waals surface area (Å²) in [6.07, 6.45) is 5.40. The Morgan fingerprint density at radius 3 is 2.31 bits per heavy atom. The number of hydrogen-bond acceptors (Lipinski definition) is 6. The predicted molar refractivity (Wildman–Crippen MR) is 176 cm³/mol. The van der Waals surface area contributed by atoms with E-state index in [-0.39, 0.29) is 18.2 Å². The third-order valence-corrected chi connectivity index (χ3v) is 8.82. The minimum absolute atomic E-state index is 0.127. The maximum Gasteiger partial charge on any atom is 0.410 e. The third-order valence-electron chi connectivity index (χ3n) is 8.82. The van der Waals surface area contributed by atoms with Gasteiger partial charge in [-0.25, -0.2) is 19.7 Å². The van der Waals surface area contributed by atoms with Gasteiger partial charge in [-0.3, -0.25) is 4.90 Å². The summed E-state index contributed by atoms with van der Waals surface area (Å²) in [5, 5.41) is 4.63. The monoisotopic (exact) mass is 603 g/mol. The molecule has 5 aromatic rings. The maximum absolute atomic E-state index is 12.9. The first kappa shape index (κ1) is 29.2. The number of rotatable bonds is 5. The van der Waals surface area contributed by atoms with E-state index in [1.54, 1.807) is 4.90 Å². The number of carbonyl (C=O) groups excluding carboxylic acids is 1. The van der Waals surface area contributed by atoms with E-state index in [0.29, 0.717) is 18.4 Å². The number of aromatic nitrogens is 5. The lowest BCUT2D eigenvalue weighted by Gasteiger charge is -2.27. The topological polar surface area (TPSA) is 112 Å². The van der Waals surface area contributed by atoms with Crippen LogP contribution in [0.2, 0.25) is 0 Å². The van der Waals surface area contributed by atoms with Gasteiger partial charge in [-0.15, -0.1) is 0 Å². The number of nitrogens with one attached hydrogen (secondary N) is 3. The average Bonchev–Trinajstić information content (AvgIpc) is 3.83. The fourth-order valence-corrected chi connectivity index (χ4v) is 6.54. The fraction of sp³-hybridized carbons (Fsp3) is 0.389. The molecule has 1 amide bonds. The van der Waals surface area contributed by atoms with E-state index < -0.39 is 5.60 Å². The summed E-state index contributed by atoms with van der Waals surface area (Å²) < 4.78 is 5.68. The smallest absolute Gasteiger partial charge is 0.410 e. The number of hydrogen-bond donors (Lipinski definition) is 3. The molecule has 3 aromatic heterocycles. The maximum atomic E-state index is 12.9. The van der Waals surface area contributed by atoms with Crippen molar-refractivity contribution >= 4 is 17.0 Å². The number of H-pyrrole nitrogens is 2. The highest BCUT2D eigenvalue weighted by Gasteiger charge is 2.38. The van der Waals surface area contributed by atoms with Gasteiger partial charge in [0.15, 0.2) is 0 Å². The lowest BCUT2D eigenvalue weighted by Crippen LogP contribution is -2.37. The van der Waals surface area contributed by atoms with E-state index in [4.69, 9.17) is 9.72 Å². The molecule has 4 unspecified atom stereocenters.